The Labute approximate surface area is 118 Å². The predicted octanol–water partition coefficient (Wildman–Crippen LogP) is 2.20. The van der Waals surface area contributed by atoms with Crippen LogP contribution in [0.15, 0.2) is 4.42 Å². The van der Waals surface area contributed by atoms with E-state index in [-0.39, 0.29) is 17.5 Å². The van der Waals surface area contributed by atoms with E-state index in [4.69, 9.17) is 4.42 Å². The van der Waals surface area contributed by atoms with Gasteiger partial charge < -0.3 is 9.73 Å². The molecule has 0 aromatic carbocycles. The zero-order valence-corrected chi connectivity index (χ0v) is 11.9. The van der Waals surface area contributed by atoms with Crippen LogP contribution < -0.4 is 10.6 Å². The Morgan fingerprint density at radius 1 is 1.30 bits per heavy atom. The summed E-state index contributed by atoms with van der Waals surface area (Å²) in [5.74, 6) is 1.02. The molecule has 0 unspecified atom stereocenters. The highest BCUT2D eigenvalue weighted by Gasteiger charge is 2.33. The summed E-state index contributed by atoms with van der Waals surface area (Å²) in [7, 11) is 1.94. The first-order valence-corrected chi connectivity index (χ1v) is 7.53. The lowest BCUT2D eigenvalue weighted by atomic mass is 9.79. The molecule has 1 aromatic rings. The first-order chi connectivity index (χ1) is 9.71. The number of hydrogen-bond acceptors (Lipinski definition) is 5. The van der Waals surface area contributed by atoms with Gasteiger partial charge in [0.1, 0.15) is 0 Å². The number of rotatable bonds is 5. The fourth-order valence-electron chi connectivity index (χ4n) is 2.99. The molecule has 2 N–H and O–H groups in total. The van der Waals surface area contributed by atoms with Gasteiger partial charge in [-0.3, -0.25) is 10.1 Å². The van der Waals surface area contributed by atoms with Crippen molar-refractivity contribution in [2.24, 2.45) is 0 Å². The summed E-state index contributed by atoms with van der Waals surface area (Å²) in [4.78, 5) is 12.2. The van der Waals surface area contributed by atoms with E-state index in [0.29, 0.717) is 18.2 Å². The fraction of sp³-hybridized carbons (Fsp3) is 0.786. The van der Waals surface area contributed by atoms with Crippen molar-refractivity contribution < 1.29 is 9.21 Å². The lowest BCUT2D eigenvalue weighted by Gasteiger charge is -2.36. The molecule has 110 valence electrons. The van der Waals surface area contributed by atoms with E-state index in [9.17, 15) is 4.79 Å². The molecule has 0 aliphatic heterocycles. The summed E-state index contributed by atoms with van der Waals surface area (Å²) in [5.41, 5.74) is -0.0678. The second-order valence-corrected chi connectivity index (χ2v) is 6.04. The summed E-state index contributed by atoms with van der Waals surface area (Å²) in [5, 5.41) is 13.9. The van der Waals surface area contributed by atoms with Crippen LogP contribution in [0, 0.1) is 0 Å². The molecule has 6 nitrogen and oxygen atoms in total. The van der Waals surface area contributed by atoms with E-state index >= 15 is 0 Å². The van der Waals surface area contributed by atoms with Crippen molar-refractivity contribution in [2.75, 3.05) is 12.4 Å². The Hall–Kier alpha value is -1.43. The van der Waals surface area contributed by atoms with Gasteiger partial charge in [0.15, 0.2) is 0 Å². The van der Waals surface area contributed by atoms with Crippen LogP contribution in [0.3, 0.4) is 0 Å². The highest BCUT2D eigenvalue weighted by atomic mass is 16.4. The highest BCUT2D eigenvalue weighted by molar-refractivity contribution is 5.89. The van der Waals surface area contributed by atoms with Crippen LogP contribution in [-0.4, -0.2) is 28.7 Å². The summed E-state index contributed by atoms with van der Waals surface area (Å²) in [6, 6.07) is 0.235. The number of aromatic nitrogens is 2. The average molecular weight is 278 g/mol. The van der Waals surface area contributed by atoms with Gasteiger partial charge in [0, 0.05) is 17.9 Å². The summed E-state index contributed by atoms with van der Waals surface area (Å²) < 4.78 is 5.46. The SMILES string of the molecule is CNC1(CC(=O)Nc2nnc(C3CC3)o2)CCCCC1. The molecule has 1 aromatic heterocycles. The second-order valence-electron chi connectivity index (χ2n) is 6.04. The minimum atomic E-state index is -0.0678. The number of carbonyl (C=O) groups is 1. The van der Waals surface area contributed by atoms with E-state index in [1.807, 2.05) is 7.05 Å². The maximum Gasteiger partial charge on any atom is 0.322 e. The molecule has 0 saturated heterocycles. The van der Waals surface area contributed by atoms with E-state index < -0.39 is 0 Å². The Morgan fingerprint density at radius 2 is 2.05 bits per heavy atom. The maximum atomic E-state index is 12.2. The van der Waals surface area contributed by atoms with Crippen molar-refractivity contribution in [1.82, 2.24) is 15.5 Å². The molecular weight excluding hydrogens is 256 g/mol. The molecule has 2 saturated carbocycles. The molecule has 2 aliphatic rings. The average Bonchev–Trinajstić information content (AvgIpc) is 3.21. The molecule has 6 heteroatoms. The Kier molecular flexibility index (Phi) is 3.74. The van der Waals surface area contributed by atoms with Crippen molar-refractivity contribution >= 4 is 11.9 Å². The summed E-state index contributed by atoms with van der Waals surface area (Å²) in [6.07, 6.45) is 8.41. The number of carbonyl (C=O) groups excluding carboxylic acids is 1. The molecule has 0 atom stereocenters. The van der Waals surface area contributed by atoms with Gasteiger partial charge in [0.25, 0.3) is 0 Å². The van der Waals surface area contributed by atoms with Crippen LogP contribution in [0.1, 0.15) is 63.2 Å². The van der Waals surface area contributed by atoms with Gasteiger partial charge in [0.05, 0.1) is 0 Å². The Bertz CT molecular complexity index is 475. The van der Waals surface area contributed by atoms with E-state index in [1.54, 1.807) is 0 Å². The number of anilines is 1. The van der Waals surface area contributed by atoms with Crippen molar-refractivity contribution in [1.29, 1.82) is 0 Å². The van der Waals surface area contributed by atoms with Gasteiger partial charge >= 0.3 is 6.01 Å². The minimum Gasteiger partial charge on any atom is -0.408 e. The quantitative estimate of drug-likeness (QED) is 0.863. The fourth-order valence-corrected chi connectivity index (χ4v) is 2.99. The number of hydrogen-bond donors (Lipinski definition) is 2. The minimum absolute atomic E-state index is 0.0488. The molecule has 0 spiro atoms. The third kappa shape index (κ3) is 3.00. The highest BCUT2D eigenvalue weighted by Crippen LogP contribution is 2.39. The van der Waals surface area contributed by atoms with Gasteiger partial charge in [-0.15, -0.1) is 5.10 Å². The second kappa shape index (κ2) is 5.52. The van der Waals surface area contributed by atoms with Crippen molar-refractivity contribution in [2.45, 2.75) is 62.8 Å². The van der Waals surface area contributed by atoms with Crippen LogP contribution in [0.4, 0.5) is 6.01 Å². The monoisotopic (exact) mass is 278 g/mol. The Morgan fingerprint density at radius 3 is 2.70 bits per heavy atom. The van der Waals surface area contributed by atoms with Crippen molar-refractivity contribution in [3.05, 3.63) is 5.89 Å². The largest absolute Gasteiger partial charge is 0.408 e. The molecule has 1 heterocycles. The van der Waals surface area contributed by atoms with Gasteiger partial charge in [-0.05, 0) is 32.7 Å². The molecule has 1 amide bonds. The first kappa shape index (κ1) is 13.5. The van der Waals surface area contributed by atoms with E-state index in [0.717, 1.165) is 25.7 Å². The van der Waals surface area contributed by atoms with Gasteiger partial charge in [0.2, 0.25) is 11.8 Å². The topological polar surface area (TPSA) is 80.0 Å². The molecule has 20 heavy (non-hydrogen) atoms. The number of nitrogens with zero attached hydrogens (tertiary/aromatic N) is 2. The lowest BCUT2D eigenvalue weighted by molar-refractivity contribution is -0.118. The maximum absolute atomic E-state index is 12.2. The molecular formula is C14H22N4O2. The third-order valence-electron chi connectivity index (χ3n) is 4.45. The van der Waals surface area contributed by atoms with Crippen molar-refractivity contribution in [3.8, 4) is 0 Å². The molecule has 2 fully saturated rings. The Balaban J connectivity index is 1.57. The molecule has 0 bridgehead atoms. The van der Waals surface area contributed by atoms with Crippen LogP contribution in [0.2, 0.25) is 0 Å². The zero-order valence-electron chi connectivity index (χ0n) is 11.9. The predicted molar refractivity (Wildman–Crippen MR) is 74.4 cm³/mol. The van der Waals surface area contributed by atoms with Crippen LogP contribution in [0.5, 0.6) is 0 Å². The third-order valence-corrected chi connectivity index (χ3v) is 4.45. The first-order valence-electron chi connectivity index (χ1n) is 7.53. The smallest absolute Gasteiger partial charge is 0.322 e. The van der Waals surface area contributed by atoms with Gasteiger partial charge in [-0.1, -0.05) is 24.4 Å². The number of amides is 1. The lowest BCUT2D eigenvalue weighted by Crippen LogP contribution is -2.47. The summed E-state index contributed by atoms with van der Waals surface area (Å²) in [6.45, 7) is 0. The normalized spacial score (nSPS) is 21.6. The van der Waals surface area contributed by atoms with Crippen LogP contribution in [-0.2, 0) is 4.79 Å². The van der Waals surface area contributed by atoms with E-state index in [1.165, 1.54) is 19.3 Å². The van der Waals surface area contributed by atoms with Gasteiger partial charge in [-0.2, -0.15) is 0 Å². The van der Waals surface area contributed by atoms with Crippen molar-refractivity contribution in [3.63, 3.8) is 0 Å². The molecule has 0 radical (unpaired) electrons. The van der Waals surface area contributed by atoms with Gasteiger partial charge in [-0.25, -0.2) is 0 Å². The summed E-state index contributed by atoms with van der Waals surface area (Å²) >= 11 is 0. The number of nitrogens with one attached hydrogen (secondary N) is 2. The van der Waals surface area contributed by atoms with Crippen LogP contribution >= 0.6 is 0 Å². The molecule has 3 rings (SSSR count). The zero-order chi connectivity index (χ0) is 14.0. The standard InChI is InChI=1S/C14H22N4O2/c1-15-14(7-3-2-4-8-14)9-11(19)16-13-18-17-12(20-13)10-5-6-10/h10,15H,2-9H2,1H3,(H,16,18,19). The molecule has 2 aliphatic carbocycles. The van der Waals surface area contributed by atoms with E-state index in [2.05, 4.69) is 20.8 Å². The van der Waals surface area contributed by atoms with Crippen LogP contribution in [0.25, 0.3) is 0 Å².